The van der Waals surface area contributed by atoms with Crippen molar-refractivity contribution in [2.75, 3.05) is 40.3 Å². The summed E-state index contributed by atoms with van der Waals surface area (Å²) in [6, 6.07) is 0. The molecule has 2 aliphatic rings. The van der Waals surface area contributed by atoms with E-state index >= 15 is 0 Å². The van der Waals surface area contributed by atoms with Gasteiger partial charge in [-0.15, -0.1) is 0 Å². The van der Waals surface area contributed by atoms with Crippen LogP contribution in [0.25, 0.3) is 0 Å². The van der Waals surface area contributed by atoms with Gasteiger partial charge in [0, 0.05) is 38.0 Å². The van der Waals surface area contributed by atoms with Gasteiger partial charge in [0.05, 0.1) is 0 Å². The summed E-state index contributed by atoms with van der Waals surface area (Å²) >= 11 is 0. The van der Waals surface area contributed by atoms with Crippen LogP contribution in [0.2, 0.25) is 0 Å². The number of amides is 2. The van der Waals surface area contributed by atoms with Crippen molar-refractivity contribution in [1.82, 2.24) is 15.1 Å². The molecule has 0 unspecified atom stereocenters. The Morgan fingerprint density at radius 1 is 1.10 bits per heavy atom. The van der Waals surface area contributed by atoms with Gasteiger partial charge in [0.1, 0.15) is 0 Å². The van der Waals surface area contributed by atoms with Gasteiger partial charge in [-0.1, -0.05) is 6.42 Å². The lowest BCUT2D eigenvalue weighted by atomic mass is 9.83. The minimum absolute atomic E-state index is 0.0857. The SMILES string of the molecule is CN(C)CCNC(=O)C1CCN(C(=O)C2CCC2)CC1. The highest BCUT2D eigenvalue weighted by molar-refractivity contribution is 5.81. The zero-order valence-corrected chi connectivity index (χ0v) is 12.7. The number of nitrogens with one attached hydrogen (secondary N) is 1. The fourth-order valence-electron chi connectivity index (χ4n) is 2.82. The lowest BCUT2D eigenvalue weighted by molar-refractivity contribution is -0.141. The second kappa shape index (κ2) is 7.07. The Balaban J connectivity index is 1.67. The van der Waals surface area contributed by atoms with Crippen LogP contribution in [0.4, 0.5) is 0 Å². The Morgan fingerprint density at radius 2 is 1.75 bits per heavy atom. The first-order chi connectivity index (χ1) is 9.58. The first-order valence-electron chi connectivity index (χ1n) is 7.79. The van der Waals surface area contributed by atoms with Crippen LogP contribution in [0, 0.1) is 11.8 Å². The molecule has 5 nitrogen and oxygen atoms in total. The standard InChI is InChI=1S/C15H27N3O2/c1-17(2)11-8-16-14(19)12-6-9-18(10-7-12)15(20)13-4-3-5-13/h12-13H,3-11H2,1-2H3,(H,16,19). The maximum Gasteiger partial charge on any atom is 0.225 e. The van der Waals surface area contributed by atoms with Crippen LogP contribution in [0.3, 0.4) is 0 Å². The molecule has 1 N–H and O–H groups in total. The van der Waals surface area contributed by atoms with Gasteiger partial charge >= 0.3 is 0 Å². The zero-order chi connectivity index (χ0) is 14.5. The van der Waals surface area contributed by atoms with E-state index in [0.29, 0.717) is 12.5 Å². The van der Waals surface area contributed by atoms with Crippen LogP contribution in [0.1, 0.15) is 32.1 Å². The lowest BCUT2D eigenvalue weighted by Crippen LogP contribution is -2.46. The second-order valence-electron chi connectivity index (χ2n) is 6.32. The molecule has 1 saturated heterocycles. The molecule has 0 aromatic heterocycles. The van der Waals surface area contributed by atoms with E-state index in [1.165, 1.54) is 6.42 Å². The fourth-order valence-corrected chi connectivity index (χ4v) is 2.82. The number of likely N-dealkylation sites (tertiary alicyclic amines) is 1. The Morgan fingerprint density at radius 3 is 2.25 bits per heavy atom. The molecule has 2 amide bonds. The molecule has 2 fully saturated rings. The topological polar surface area (TPSA) is 52.7 Å². The summed E-state index contributed by atoms with van der Waals surface area (Å²) in [4.78, 5) is 28.2. The molecule has 0 radical (unpaired) electrons. The average molecular weight is 281 g/mol. The Hall–Kier alpha value is -1.10. The summed E-state index contributed by atoms with van der Waals surface area (Å²) in [5, 5.41) is 2.99. The van der Waals surface area contributed by atoms with Gasteiger partial charge in [0.25, 0.3) is 0 Å². The fraction of sp³-hybridized carbons (Fsp3) is 0.867. The van der Waals surface area contributed by atoms with E-state index in [1.54, 1.807) is 0 Å². The average Bonchev–Trinajstić information content (AvgIpc) is 2.36. The largest absolute Gasteiger partial charge is 0.355 e. The molecule has 0 aromatic carbocycles. The monoisotopic (exact) mass is 281 g/mol. The van der Waals surface area contributed by atoms with Gasteiger partial charge in [-0.25, -0.2) is 0 Å². The van der Waals surface area contributed by atoms with E-state index in [9.17, 15) is 9.59 Å². The summed E-state index contributed by atoms with van der Waals surface area (Å²) in [5.41, 5.74) is 0. The normalized spacial score (nSPS) is 20.9. The molecule has 114 valence electrons. The number of carbonyl (C=O) groups excluding carboxylic acids is 2. The summed E-state index contributed by atoms with van der Waals surface area (Å²) in [5.74, 6) is 0.841. The third-order valence-corrected chi connectivity index (χ3v) is 4.49. The van der Waals surface area contributed by atoms with Gasteiger partial charge in [-0.3, -0.25) is 9.59 Å². The smallest absolute Gasteiger partial charge is 0.225 e. The van der Waals surface area contributed by atoms with Crippen molar-refractivity contribution in [2.45, 2.75) is 32.1 Å². The van der Waals surface area contributed by atoms with Crippen LogP contribution in [-0.2, 0) is 9.59 Å². The predicted octanol–water partition coefficient (Wildman–Crippen LogP) is 0.703. The van der Waals surface area contributed by atoms with Crippen LogP contribution in [0.15, 0.2) is 0 Å². The lowest BCUT2D eigenvalue weighted by Gasteiger charge is -2.36. The van der Waals surface area contributed by atoms with Crippen molar-refractivity contribution >= 4 is 11.8 Å². The highest BCUT2D eigenvalue weighted by atomic mass is 16.2. The molecule has 0 bridgehead atoms. The van der Waals surface area contributed by atoms with Crippen molar-refractivity contribution in [2.24, 2.45) is 11.8 Å². The molecule has 1 aliphatic carbocycles. The van der Waals surface area contributed by atoms with Crippen LogP contribution < -0.4 is 5.32 Å². The van der Waals surface area contributed by atoms with Crippen molar-refractivity contribution in [1.29, 1.82) is 0 Å². The third kappa shape index (κ3) is 3.95. The highest BCUT2D eigenvalue weighted by Gasteiger charge is 2.33. The van der Waals surface area contributed by atoms with Crippen LogP contribution >= 0.6 is 0 Å². The van der Waals surface area contributed by atoms with E-state index < -0.39 is 0 Å². The molecule has 5 heteroatoms. The quantitative estimate of drug-likeness (QED) is 0.807. The number of carbonyl (C=O) groups is 2. The van der Waals surface area contributed by atoms with E-state index in [0.717, 1.165) is 45.3 Å². The number of hydrogen-bond donors (Lipinski definition) is 1. The molecule has 1 saturated carbocycles. The van der Waals surface area contributed by atoms with Gasteiger partial charge in [-0.05, 0) is 39.8 Å². The number of hydrogen-bond acceptors (Lipinski definition) is 3. The number of piperidine rings is 1. The van der Waals surface area contributed by atoms with E-state index in [2.05, 4.69) is 10.2 Å². The van der Waals surface area contributed by atoms with Gasteiger partial charge in [0.2, 0.25) is 11.8 Å². The number of likely N-dealkylation sites (N-methyl/N-ethyl adjacent to an activating group) is 1. The summed E-state index contributed by atoms with van der Waals surface area (Å²) in [6.07, 6.45) is 4.94. The number of nitrogens with zero attached hydrogens (tertiary/aromatic N) is 2. The zero-order valence-electron chi connectivity index (χ0n) is 12.7. The first kappa shape index (κ1) is 15.3. The molecule has 0 spiro atoms. The molecule has 0 atom stereocenters. The molecular weight excluding hydrogens is 254 g/mol. The van der Waals surface area contributed by atoms with Crippen molar-refractivity contribution < 1.29 is 9.59 Å². The van der Waals surface area contributed by atoms with Gasteiger partial charge in [-0.2, -0.15) is 0 Å². The highest BCUT2D eigenvalue weighted by Crippen LogP contribution is 2.29. The Labute approximate surface area is 121 Å². The molecule has 1 aliphatic heterocycles. The molecule has 0 aromatic rings. The third-order valence-electron chi connectivity index (χ3n) is 4.49. The van der Waals surface area contributed by atoms with E-state index in [1.807, 2.05) is 19.0 Å². The van der Waals surface area contributed by atoms with Crippen molar-refractivity contribution in [3.8, 4) is 0 Å². The first-order valence-corrected chi connectivity index (χ1v) is 7.79. The number of rotatable bonds is 5. The molecule has 1 heterocycles. The summed E-state index contributed by atoms with van der Waals surface area (Å²) < 4.78 is 0. The maximum atomic E-state index is 12.1. The molecule has 2 rings (SSSR count). The second-order valence-corrected chi connectivity index (χ2v) is 6.32. The minimum atomic E-state index is 0.0857. The van der Waals surface area contributed by atoms with Crippen LogP contribution in [-0.4, -0.2) is 61.9 Å². The van der Waals surface area contributed by atoms with Gasteiger partial charge in [0.15, 0.2) is 0 Å². The van der Waals surface area contributed by atoms with E-state index in [4.69, 9.17) is 0 Å². The van der Waals surface area contributed by atoms with E-state index in [-0.39, 0.29) is 17.7 Å². The predicted molar refractivity (Wildman–Crippen MR) is 78.2 cm³/mol. The molecular formula is C15H27N3O2. The maximum absolute atomic E-state index is 12.1. The van der Waals surface area contributed by atoms with Crippen LogP contribution in [0.5, 0.6) is 0 Å². The van der Waals surface area contributed by atoms with Crippen molar-refractivity contribution in [3.05, 3.63) is 0 Å². The minimum Gasteiger partial charge on any atom is -0.355 e. The summed E-state index contributed by atoms with van der Waals surface area (Å²) in [7, 11) is 3.99. The van der Waals surface area contributed by atoms with Crippen molar-refractivity contribution in [3.63, 3.8) is 0 Å². The van der Waals surface area contributed by atoms with Gasteiger partial charge < -0.3 is 15.1 Å². The summed E-state index contributed by atoms with van der Waals surface area (Å²) in [6.45, 7) is 3.07. The Kier molecular flexibility index (Phi) is 5.40. The molecule has 20 heavy (non-hydrogen) atoms. The Bertz CT molecular complexity index is 345.